The number of para-hydroxylation sites is 1. The van der Waals surface area contributed by atoms with E-state index in [4.69, 9.17) is 4.42 Å². The second kappa shape index (κ2) is 9.41. The van der Waals surface area contributed by atoms with Gasteiger partial charge < -0.3 is 19.5 Å². The van der Waals surface area contributed by atoms with Crippen molar-refractivity contribution in [2.24, 2.45) is 0 Å². The molecule has 1 atom stereocenters. The van der Waals surface area contributed by atoms with Gasteiger partial charge >= 0.3 is 0 Å². The minimum Gasteiger partial charge on any atom is -0.467 e. The maximum atomic E-state index is 13.0. The monoisotopic (exact) mass is 444 g/mol. The number of carbonyl (C=O) groups excluding carboxylic acids is 1. The first kappa shape index (κ1) is 21.7. The molecule has 1 fully saturated rings. The van der Waals surface area contributed by atoms with Crippen molar-refractivity contribution < 1.29 is 9.21 Å². The van der Waals surface area contributed by atoms with Crippen LogP contribution in [0.3, 0.4) is 0 Å². The van der Waals surface area contributed by atoms with E-state index >= 15 is 0 Å². The topological polar surface area (TPSA) is 52.0 Å². The lowest BCUT2D eigenvalue weighted by molar-refractivity contribution is 0.102. The highest BCUT2D eigenvalue weighted by atomic mass is 16.3. The summed E-state index contributed by atoms with van der Waals surface area (Å²) in [6.07, 6.45) is 2.62. The molecule has 3 aromatic rings. The van der Waals surface area contributed by atoms with Crippen LogP contribution in [-0.4, -0.2) is 55.0 Å². The summed E-state index contributed by atoms with van der Waals surface area (Å²) in [6, 6.07) is 18.8. The summed E-state index contributed by atoms with van der Waals surface area (Å²) < 4.78 is 5.75. The highest BCUT2D eigenvalue weighted by molar-refractivity contribution is 6.05. The molecule has 3 heterocycles. The molecule has 6 heteroatoms. The van der Waals surface area contributed by atoms with Crippen LogP contribution in [0.1, 0.15) is 34.2 Å². The van der Waals surface area contributed by atoms with Gasteiger partial charge in [0.15, 0.2) is 0 Å². The van der Waals surface area contributed by atoms with Crippen molar-refractivity contribution in [3.05, 3.63) is 83.3 Å². The number of piperazine rings is 1. The van der Waals surface area contributed by atoms with E-state index in [1.807, 2.05) is 12.1 Å². The molecule has 1 unspecified atom stereocenters. The highest BCUT2D eigenvalue weighted by Crippen LogP contribution is 2.33. The smallest absolute Gasteiger partial charge is 0.259 e. The van der Waals surface area contributed by atoms with E-state index in [2.05, 4.69) is 70.4 Å². The molecule has 1 N–H and O–H groups in total. The number of fused-ring (bicyclic) bond motifs is 1. The van der Waals surface area contributed by atoms with E-state index in [1.165, 1.54) is 16.8 Å². The number of benzene rings is 2. The van der Waals surface area contributed by atoms with E-state index in [0.29, 0.717) is 23.9 Å². The first-order valence-corrected chi connectivity index (χ1v) is 11.8. The molecule has 2 aromatic carbocycles. The number of anilines is 2. The van der Waals surface area contributed by atoms with Gasteiger partial charge in [0.1, 0.15) is 5.76 Å². The van der Waals surface area contributed by atoms with Crippen LogP contribution in [0.25, 0.3) is 0 Å². The summed E-state index contributed by atoms with van der Waals surface area (Å²) in [5.41, 5.74) is 5.23. The second-order valence-corrected chi connectivity index (χ2v) is 9.30. The van der Waals surface area contributed by atoms with Crippen molar-refractivity contribution >= 4 is 17.3 Å². The number of hydrogen-bond donors (Lipinski definition) is 1. The number of nitrogens with zero attached hydrogens (tertiary/aromatic N) is 3. The Bertz CT molecular complexity index is 1100. The van der Waals surface area contributed by atoms with E-state index in [9.17, 15) is 4.79 Å². The van der Waals surface area contributed by atoms with Crippen LogP contribution in [0.15, 0.2) is 65.3 Å². The molecule has 172 valence electrons. The van der Waals surface area contributed by atoms with Crippen LogP contribution in [0.4, 0.5) is 11.4 Å². The molecule has 0 spiro atoms. The molecule has 5 rings (SSSR count). The van der Waals surface area contributed by atoms with Crippen molar-refractivity contribution in [2.45, 2.75) is 32.5 Å². The summed E-state index contributed by atoms with van der Waals surface area (Å²) in [6.45, 7) is 8.16. The van der Waals surface area contributed by atoms with Gasteiger partial charge in [-0.25, -0.2) is 0 Å². The lowest BCUT2D eigenvalue weighted by atomic mass is 10.1. The first-order chi connectivity index (χ1) is 16.1. The molecule has 1 aromatic heterocycles. The Kier molecular flexibility index (Phi) is 6.20. The van der Waals surface area contributed by atoms with E-state index in [-0.39, 0.29) is 5.91 Å². The van der Waals surface area contributed by atoms with Crippen LogP contribution < -0.4 is 10.2 Å². The maximum absolute atomic E-state index is 13.0. The average Bonchev–Trinajstić information content (AvgIpc) is 3.41. The van der Waals surface area contributed by atoms with Gasteiger partial charge in [0.2, 0.25) is 0 Å². The molecule has 1 saturated heterocycles. The van der Waals surface area contributed by atoms with Gasteiger partial charge in [-0.15, -0.1) is 0 Å². The first-order valence-electron chi connectivity index (χ1n) is 11.8. The molecule has 1 amide bonds. The zero-order valence-corrected chi connectivity index (χ0v) is 19.5. The van der Waals surface area contributed by atoms with Crippen molar-refractivity contribution in [3.63, 3.8) is 0 Å². The van der Waals surface area contributed by atoms with Crippen molar-refractivity contribution in [3.8, 4) is 0 Å². The third kappa shape index (κ3) is 4.82. The zero-order valence-electron chi connectivity index (χ0n) is 19.5. The molecule has 0 saturated carbocycles. The number of hydrogen-bond acceptors (Lipinski definition) is 5. The SMILES string of the molecule is CC1Cc2ccccc2N1Cc1occc1C(=O)Nc1ccc(CN2CCN(C)CC2)cc1. The largest absolute Gasteiger partial charge is 0.467 e. The molecule has 0 radical (unpaired) electrons. The van der Waals surface area contributed by atoms with Crippen LogP contribution in [0, 0.1) is 0 Å². The summed E-state index contributed by atoms with van der Waals surface area (Å²) >= 11 is 0. The van der Waals surface area contributed by atoms with Crippen molar-refractivity contribution in [1.29, 1.82) is 0 Å². The predicted molar refractivity (Wildman–Crippen MR) is 132 cm³/mol. The second-order valence-electron chi connectivity index (χ2n) is 9.30. The van der Waals surface area contributed by atoms with Crippen LogP contribution >= 0.6 is 0 Å². The van der Waals surface area contributed by atoms with Gasteiger partial charge in [0.25, 0.3) is 5.91 Å². The van der Waals surface area contributed by atoms with Crippen LogP contribution in [-0.2, 0) is 19.5 Å². The molecule has 33 heavy (non-hydrogen) atoms. The number of amides is 1. The molecule has 2 aliphatic rings. The molecule has 0 bridgehead atoms. The van der Waals surface area contributed by atoms with E-state index in [1.54, 1.807) is 12.3 Å². The molecule has 6 nitrogen and oxygen atoms in total. The Hall–Kier alpha value is -3.09. The number of likely N-dealkylation sites (N-methyl/N-ethyl adjacent to an activating group) is 1. The summed E-state index contributed by atoms with van der Waals surface area (Å²) in [5.74, 6) is 0.563. The van der Waals surface area contributed by atoms with Gasteiger partial charge in [-0.05, 0) is 55.8 Å². The Balaban J connectivity index is 1.22. The molecule has 0 aliphatic carbocycles. The third-order valence-electron chi connectivity index (χ3n) is 6.87. The summed E-state index contributed by atoms with van der Waals surface area (Å²) in [7, 11) is 2.17. The van der Waals surface area contributed by atoms with E-state index in [0.717, 1.165) is 44.8 Å². The molecular formula is C27H32N4O2. The van der Waals surface area contributed by atoms with Gasteiger partial charge in [-0.2, -0.15) is 0 Å². The van der Waals surface area contributed by atoms with Gasteiger partial charge in [-0.3, -0.25) is 9.69 Å². The minimum absolute atomic E-state index is 0.134. The van der Waals surface area contributed by atoms with Gasteiger partial charge in [-0.1, -0.05) is 30.3 Å². The lowest BCUT2D eigenvalue weighted by Crippen LogP contribution is -2.43. The van der Waals surface area contributed by atoms with Gasteiger partial charge in [0.05, 0.1) is 18.4 Å². The fourth-order valence-corrected chi connectivity index (χ4v) is 4.85. The van der Waals surface area contributed by atoms with E-state index < -0.39 is 0 Å². The fourth-order valence-electron chi connectivity index (χ4n) is 4.85. The van der Waals surface area contributed by atoms with Crippen molar-refractivity contribution in [1.82, 2.24) is 9.80 Å². The van der Waals surface area contributed by atoms with Crippen LogP contribution in [0.5, 0.6) is 0 Å². The Morgan fingerprint density at radius 1 is 1.00 bits per heavy atom. The minimum atomic E-state index is -0.134. The summed E-state index contributed by atoms with van der Waals surface area (Å²) in [4.78, 5) is 20.2. The average molecular weight is 445 g/mol. The van der Waals surface area contributed by atoms with Crippen molar-refractivity contribution in [2.75, 3.05) is 43.4 Å². The number of furan rings is 1. The Labute approximate surface area is 195 Å². The summed E-state index contributed by atoms with van der Waals surface area (Å²) in [5, 5.41) is 3.04. The van der Waals surface area contributed by atoms with Crippen LogP contribution in [0.2, 0.25) is 0 Å². The lowest BCUT2D eigenvalue weighted by Gasteiger charge is -2.32. The Morgan fingerprint density at radius 2 is 1.76 bits per heavy atom. The normalized spacial score (nSPS) is 19.0. The third-order valence-corrected chi connectivity index (χ3v) is 6.87. The standard InChI is InChI=1S/C27H32N4O2/c1-20-17-22-5-3-4-6-25(22)31(20)19-26-24(11-16-33-26)27(32)28-23-9-7-21(8-10-23)18-30-14-12-29(2)13-15-30/h3-11,16,20H,12-15,17-19H2,1-2H3,(H,28,32). The molecule has 2 aliphatic heterocycles. The fraction of sp³-hybridized carbons (Fsp3) is 0.370. The van der Waals surface area contributed by atoms with Gasteiger partial charge in [0, 0.05) is 50.1 Å². The highest BCUT2D eigenvalue weighted by Gasteiger charge is 2.28. The number of rotatable bonds is 6. The molecular weight excluding hydrogens is 412 g/mol. The Morgan fingerprint density at radius 3 is 2.55 bits per heavy atom. The number of carbonyl (C=O) groups is 1. The predicted octanol–water partition coefficient (Wildman–Crippen LogP) is 4.23. The maximum Gasteiger partial charge on any atom is 0.259 e. The quantitative estimate of drug-likeness (QED) is 0.617. The number of nitrogens with one attached hydrogen (secondary N) is 1. The zero-order chi connectivity index (χ0) is 22.8.